The molecule has 1 aliphatic heterocycles. The zero-order chi connectivity index (χ0) is 17.3. The van der Waals surface area contributed by atoms with Crippen LogP contribution in [0.3, 0.4) is 0 Å². The Morgan fingerprint density at radius 1 is 1.33 bits per heavy atom. The molecule has 1 amide bonds. The number of fused-ring (bicyclic) bond motifs is 1. The van der Waals surface area contributed by atoms with Crippen molar-refractivity contribution in [3.05, 3.63) is 39.7 Å². The van der Waals surface area contributed by atoms with E-state index in [1.54, 1.807) is 12.1 Å². The number of H-pyrrole nitrogens is 1. The fraction of sp³-hybridized carbons (Fsp3) is 0.312. The number of nitrogen functional groups attached to an aromatic ring is 1. The number of hydrogen-bond donors (Lipinski definition) is 3. The van der Waals surface area contributed by atoms with E-state index < -0.39 is 5.92 Å². The van der Waals surface area contributed by atoms with E-state index in [0.29, 0.717) is 23.7 Å². The summed E-state index contributed by atoms with van der Waals surface area (Å²) in [5.41, 5.74) is 6.34. The van der Waals surface area contributed by atoms with Crippen LogP contribution in [0.1, 0.15) is 30.4 Å². The Morgan fingerprint density at radius 3 is 2.83 bits per heavy atom. The van der Waals surface area contributed by atoms with Crippen LogP contribution in [0.25, 0.3) is 0 Å². The van der Waals surface area contributed by atoms with Crippen molar-refractivity contribution in [3.63, 3.8) is 0 Å². The van der Waals surface area contributed by atoms with Crippen LogP contribution in [-0.4, -0.2) is 29.6 Å². The lowest BCUT2D eigenvalue weighted by atomic mass is 9.86. The number of rotatable bonds is 4. The standard InChI is InChI=1S/C16H18N4O4/c1-3-24-10-5-4-8(6-11(10)23-2)9-7-12(21)18-14-13(9)15(22)20-16(17)19-14/h4-6,9H,3,7H2,1-2H3,(H4,17,18,19,20,21,22). The van der Waals surface area contributed by atoms with Gasteiger partial charge in [-0.2, -0.15) is 4.98 Å². The van der Waals surface area contributed by atoms with E-state index in [1.165, 1.54) is 7.11 Å². The molecular weight excluding hydrogens is 312 g/mol. The van der Waals surface area contributed by atoms with Crippen LogP contribution in [-0.2, 0) is 4.79 Å². The van der Waals surface area contributed by atoms with Crippen molar-refractivity contribution < 1.29 is 14.3 Å². The molecule has 0 fully saturated rings. The predicted molar refractivity (Wildman–Crippen MR) is 88.5 cm³/mol. The van der Waals surface area contributed by atoms with Crippen LogP contribution in [0.4, 0.5) is 11.8 Å². The monoisotopic (exact) mass is 330 g/mol. The number of benzene rings is 1. The number of nitrogens with two attached hydrogens (primary N) is 1. The maximum atomic E-state index is 12.3. The number of amides is 1. The van der Waals surface area contributed by atoms with Crippen molar-refractivity contribution in [2.24, 2.45) is 0 Å². The van der Waals surface area contributed by atoms with E-state index in [9.17, 15) is 9.59 Å². The van der Waals surface area contributed by atoms with E-state index in [1.807, 2.05) is 13.0 Å². The summed E-state index contributed by atoms with van der Waals surface area (Å²) < 4.78 is 10.8. The molecule has 8 heteroatoms. The minimum absolute atomic E-state index is 0.0380. The summed E-state index contributed by atoms with van der Waals surface area (Å²) in [5, 5.41) is 2.60. The molecule has 2 aromatic rings. The minimum atomic E-state index is -0.435. The molecule has 4 N–H and O–H groups in total. The highest BCUT2D eigenvalue weighted by Crippen LogP contribution is 2.38. The first-order chi connectivity index (χ1) is 11.5. The fourth-order valence-corrected chi connectivity index (χ4v) is 2.85. The maximum absolute atomic E-state index is 12.3. The van der Waals surface area contributed by atoms with Gasteiger partial charge in [-0.15, -0.1) is 0 Å². The van der Waals surface area contributed by atoms with Crippen molar-refractivity contribution in [2.45, 2.75) is 19.3 Å². The summed E-state index contributed by atoms with van der Waals surface area (Å²) in [7, 11) is 1.54. The highest BCUT2D eigenvalue weighted by Gasteiger charge is 2.31. The first kappa shape index (κ1) is 15.9. The van der Waals surface area contributed by atoms with Gasteiger partial charge in [0.15, 0.2) is 11.5 Å². The number of aromatic nitrogens is 2. The predicted octanol–water partition coefficient (Wildman–Crippen LogP) is 1.23. The second kappa shape index (κ2) is 6.23. The van der Waals surface area contributed by atoms with Crippen LogP contribution in [0.2, 0.25) is 0 Å². The Hall–Kier alpha value is -3.03. The SMILES string of the molecule is CCOc1ccc(C2CC(=O)Nc3nc(N)[nH]c(=O)c32)cc1OC. The molecule has 1 aromatic heterocycles. The number of carbonyl (C=O) groups is 1. The van der Waals surface area contributed by atoms with Crippen LogP contribution < -0.4 is 26.1 Å². The molecule has 0 saturated heterocycles. The smallest absolute Gasteiger partial charge is 0.258 e. The highest BCUT2D eigenvalue weighted by molar-refractivity contribution is 5.94. The number of anilines is 2. The summed E-state index contributed by atoms with van der Waals surface area (Å²) in [6.07, 6.45) is 0.138. The molecule has 24 heavy (non-hydrogen) atoms. The number of aromatic amines is 1. The van der Waals surface area contributed by atoms with Crippen LogP contribution in [0.5, 0.6) is 11.5 Å². The topological polar surface area (TPSA) is 119 Å². The minimum Gasteiger partial charge on any atom is -0.493 e. The van der Waals surface area contributed by atoms with Crippen LogP contribution >= 0.6 is 0 Å². The van der Waals surface area contributed by atoms with E-state index in [0.717, 1.165) is 5.56 Å². The molecule has 8 nitrogen and oxygen atoms in total. The number of carbonyl (C=O) groups excluding carboxylic acids is 1. The van der Waals surface area contributed by atoms with Gasteiger partial charge >= 0.3 is 0 Å². The average Bonchev–Trinajstić information content (AvgIpc) is 2.54. The third-order valence-corrected chi connectivity index (χ3v) is 3.86. The lowest BCUT2D eigenvalue weighted by Crippen LogP contribution is -2.31. The van der Waals surface area contributed by atoms with Gasteiger partial charge in [-0.3, -0.25) is 14.6 Å². The quantitative estimate of drug-likeness (QED) is 0.776. The molecular formula is C16H18N4O4. The lowest BCUT2D eigenvalue weighted by molar-refractivity contribution is -0.116. The van der Waals surface area contributed by atoms with Gasteiger partial charge < -0.3 is 20.5 Å². The average molecular weight is 330 g/mol. The third kappa shape index (κ3) is 2.78. The van der Waals surface area contributed by atoms with Gasteiger partial charge in [0.25, 0.3) is 5.56 Å². The summed E-state index contributed by atoms with van der Waals surface area (Å²) in [6.45, 7) is 2.39. The zero-order valence-corrected chi connectivity index (χ0v) is 13.4. The summed E-state index contributed by atoms with van der Waals surface area (Å²) in [5.74, 6) is 0.651. The Kier molecular flexibility index (Phi) is 4.11. The van der Waals surface area contributed by atoms with E-state index >= 15 is 0 Å². The fourth-order valence-electron chi connectivity index (χ4n) is 2.85. The van der Waals surface area contributed by atoms with Gasteiger partial charge in [0.05, 0.1) is 19.3 Å². The molecule has 1 atom stereocenters. The van der Waals surface area contributed by atoms with Gasteiger partial charge in [0, 0.05) is 12.3 Å². The Balaban J connectivity index is 2.11. The largest absolute Gasteiger partial charge is 0.493 e. The summed E-state index contributed by atoms with van der Waals surface area (Å²) >= 11 is 0. The highest BCUT2D eigenvalue weighted by atomic mass is 16.5. The number of nitrogens with zero attached hydrogens (tertiary/aromatic N) is 1. The number of ether oxygens (including phenoxy) is 2. The molecule has 0 radical (unpaired) electrons. The number of methoxy groups -OCH3 is 1. The number of nitrogens with one attached hydrogen (secondary N) is 2. The molecule has 126 valence electrons. The Morgan fingerprint density at radius 2 is 2.12 bits per heavy atom. The summed E-state index contributed by atoms with van der Waals surface area (Å²) in [4.78, 5) is 30.8. The molecule has 0 spiro atoms. The van der Waals surface area contributed by atoms with Crippen molar-refractivity contribution in [2.75, 3.05) is 24.8 Å². The second-order valence-electron chi connectivity index (χ2n) is 5.36. The van der Waals surface area contributed by atoms with Crippen LogP contribution in [0, 0.1) is 0 Å². The molecule has 0 aliphatic carbocycles. The van der Waals surface area contributed by atoms with Crippen molar-refractivity contribution in [1.82, 2.24) is 9.97 Å². The molecule has 0 saturated carbocycles. The van der Waals surface area contributed by atoms with Gasteiger partial charge in [-0.05, 0) is 24.6 Å². The van der Waals surface area contributed by atoms with Gasteiger partial charge in [-0.1, -0.05) is 6.07 Å². The van der Waals surface area contributed by atoms with Crippen molar-refractivity contribution in [3.8, 4) is 11.5 Å². The molecule has 0 bridgehead atoms. The first-order valence-electron chi connectivity index (χ1n) is 7.53. The van der Waals surface area contributed by atoms with E-state index in [-0.39, 0.29) is 29.7 Å². The van der Waals surface area contributed by atoms with Crippen LogP contribution in [0.15, 0.2) is 23.0 Å². The van der Waals surface area contributed by atoms with Gasteiger partial charge in [0.2, 0.25) is 11.9 Å². The lowest BCUT2D eigenvalue weighted by Gasteiger charge is -2.24. The maximum Gasteiger partial charge on any atom is 0.258 e. The molecule has 1 unspecified atom stereocenters. The zero-order valence-electron chi connectivity index (χ0n) is 13.4. The van der Waals surface area contributed by atoms with E-state index in [4.69, 9.17) is 15.2 Å². The first-order valence-corrected chi connectivity index (χ1v) is 7.53. The molecule has 1 aliphatic rings. The second-order valence-corrected chi connectivity index (χ2v) is 5.36. The third-order valence-electron chi connectivity index (χ3n) is 3.86. The van der Waals surface area contributed by atoms with Crippen molar-refractivity contribution in [1.29, 1.82) is 0 Å². The van der Waals surface area contributed by atoms with Crippen molar-refractivity contribution >= 4 is 17.7 Å². The molecule has 2 heterocycles. The summed E-state index contributed by atoms with van der Waals surface area (Å²) in [6, 6.07) is 5.35. The van der Waals surface area contributed by atoms with E-state index in [2.05, 4.69) is 15.3 Å². The number of hydrogen-bond acceptors (Lipinski definition) is 6. The normalized spacial score (nSPS) is 16.2. The Bertz CT molecular complexity index is 846. The Labute approximate surface area is 138 Å². The molecule has 3 rings (SSSR count). The van der Waals surface area contributed by atoms with Gasteiger partial charge in [-0.25, -0.2) is 0 Å². The van der Waals surface area contributed by atoms with Gasteiger partial charge in [0.1, 0.15) is 5.82 Å². The molecule has 1 aromatic carbocycles.